The average molecular weight is 262 g/mol. The van der Waals surface area contributed by atoms with Gasteiger partial charge in [-0.2, -0.15) is 0 Å². The largest absolute Gasteiger partial charge is 0.465 e. The molecule has 6 heteroatoms. The summed E-state index contributed by atoms with van der Waals surface area (Å²) < 4.78 is 4.90. The van der Waals surface area contributed by atoms with Gasteiger partial charge in [-0.05, 0) is 13.8 Å². The highest BCUT2D eigenvalue weighted by Crippen LogP contribution is 2.16. The van der Waals surface area contributed by atoms with Crippen molar-refractivity contribution in [2.45, 2.75) is 20.3 Å². The number of rotatable bonds is 10. The average Bonchev–Trinajstić information content (AvgIpc) is 2.35. The number of hydrogen-bond acceptors (Lipinski definition) is 6. The molecule has 18 heavy (non-hydrogen) atoms. The Labute approximate surface area is 107 Å². The minimum atomic E-state index is -1.25. The zero-order chi connectivity index (χ0) is 14.0. The van der Waals surface area contributed by atoms with E-state index in [0.717, 1.165) is 5.57 Å². The molecule has 0 rings (SSSR count). The summed E-state index contributed by atoms with van der Waals surface area (Å²) in [4.78, 5) is 21.1. The van der Waals surface area contributed by atoms with E-state index in [9.17, 15) is 4.79 Å². The first-order valence-electron chi connectivity index (χ1n) is 5.74. The summed E-state index contributed by atoms with van der Waals surface area (Å²) in [5, 5.41) is 17.9. The maximum absolute atomic E-state index is 11.5. The molecule has 0 radical (unpaired) electrons. The SMILES string of the molecule is C=C(C)COOCCCOC(=O)C(C)(CO)CO. The molecule has 0 bridgehead atoms. The molecule has 2 N–H and O–H groups in total. The summed E-state index contributed by atoms with van der Waals surface area (Å²) in [7, 11) is 0. The van der Waals surface area contributed by atoms with Crippen LogP contribution in [-0.2, 0) is 19.3 Å². The molecule has 0 aliphatic heterocycles. The minimum absolute atomic E-state index is 0.144. The first-order chi connectivity index (χ1) is 8.46. The highest BCUT2D eigenvalue weighted by Gasteiger charge is 2.33. The first kappa shape index (κ1) is 17.1. The van der Waals surface area contributed by atoms with Gasteiger partial charge in [-0.1, -0.05) is 12.2 Å². The van der Waals surface area contributed by atoms with E-state index < -0.39 is 24.6 Å². The van der Waals surface area contributed by atoms with Gasteiger partial charge in [0.1, 0.15) is 12.0 Å². The van der Waals surface area contributed by atoms with E-state index in [1.54, 1.807) is 0 Å². The smallest absolute Gasteiger partial charge is 0.316 e. The Hall–Kier alpha value is -0.950. The lowest BCUT2D eigenvalue weighted by atomic mass is 9.93. The molecule has 106 valence electrons. The van der Waals surface area contributed by atoms with Gasteiger partial charge in [0.15, 0.2) is 0 Å². The number of esters is 1. The van der Waals surface area contributed by atoms with E-state index in [1.807, 2.05) is 6.92 Å². The Kier molecular flexibility index (Phi) is 8.57. The van der Waals surface area contributed by atoms with E-state index in [-0.39, 0.29) is 13.2 Å². The Morgan fingerprint density at radius 2 is 1.83 bits per heavy atom. The van der Waals surface area contributed by atoms with Gasteiger partial charge in [0.25, 0.3) is 0 Å². The van der Waals surface area contributed by atoms with Crippen LogP contribution in [0.1, 0.15) is 20.3 Å². The maximum Gasteiger partial charge on any atom is 0.316 e. The van der Waals surface area contributed by atoms with Crippen molar-refractivity contribution in [3.8, 4) is 0 Å². The normalized spacial score (nSPS) is 11.3. The molecule has 0 aliphatic rings. The fourth-order valence-corrected chi connectivity index (χ4v) is 0.837. The van der Waals surface area contributed by atoms with E-state index in [0.29, 0.717) is 13.0 Å². The number of carbonyl (C=O) groups excluding carboxylic acids is 1. The Morgan fingerprint density at radius 3 is 2.33 bits per heavy atom. The molecule has 0 aromatic rings. The predicted molar refractivity (Wildman–Crippen MR) is 64.6 cm³/mol. The third-order valence-corrected chi connectivity index (χ3v) is 2.18. The fourth-order valence-electron chi connectivity index (χ4n) is 0.837. The zero-order valence-corrected chi connectivity index (χ0v) is 11.0. The Bertz CT molecular complexity index is 259. The van der Waals surface area contributed by atoms with Crippen molar-refractivity contribution >= 4 is 5.97 Å². The van der Waals surface area contributed by atoms with Gasteiger partial charge in [0, 0.05) is 6.42 Å². The summed E-state index contributed by atoms with van der Waals surface area (Å²) in [6.45, 7) is 6.73. The number of aliphatic hydroxyl groups excluding tert-OH is 2. The molecular formula is C12H22O6. The van der Waals surface area contributed by atoms with Gasteiger partial charge in [0.2, 0.25) is 0 Å². The minimum Gasteiger partial charge on any atom is -0.465 e. The second-order valence-corrected chi connectivity index (χ2v) is 4.41. The molecule has 0 fully saturated rings. The van der Waals surface area contributed by atoms with Crippen LogP contribution in [0.2, 0.25) is 0 Å². The van der Waals surface area contributed by atoms with Gasteiger partial charge < -0.3 is 14.9 Å². The summed E-state index contributed by atoms with van der Waals surface area (Å²) in [5.74, 6) is -0.629. The molecule has 0 atom stereocenters. The van der Waals surface area contributed by atoms with Gasteiger partial charge >= 0.3 is 5.97 Å². The van der Waals surface area contributed by atoms with Gasteiger partial charge in [-0.3, -0.25) is 4.79 Å². The van der Waals surface area contributed by atoms with Crippen LogP contribution in [0.3, 0.4) is 0 Å². The highest BCUT2D eigenvalue weighted by atomic mass is 17.2. The summed E-state index contributed by atoms with van der Waals surface area (Å²) in [6.07, 6.45) is 0.467. The summed E-state index contributed by atoms with van der Waals surface area (Å²) in [6, 6.07) is 0. The van der Waals surface area contributed by atoms with E-state index in [1.165, 1.54) is 6.92 Å². The van der Waals surface area contributed by atoms with Crippen molar-refractivity contribution in [2.24, 2.45) is 5.41 Å². The topological polar surface area (TPSA) is 85.2 Å². The predicted octanol–water partition coefficient (Wildman–Crippen LogP) is 0.435. The quantitative estimate of drug-likeness (QED) is 0.195. The van der Waals surface area contributed by atoms with Gasteiger partial charge in [-0.15, -0.1) is 0 Å². The molecular weight excluding hydrogens is 240 g/mol. The maximum atomic E-state index is 11.5. The van der Waals surface area contributed by atoms with Crippen LogP contribution in [0.4, 0.5) is 0 Å². The third kappa shape index (κ3) is 6.70. The van der Waals surface area contributed by atoms with Gasteiger partial charge in [0.05, 0.1) is 26.4 Å². The van der Waals surface area contributed by atoms with Gasteiger partial charge in [-0.25, -0.2) is 9.78 Å². The van der Waals surface area contributed by atoms with Crippen molar-refractivity contribution in [1.82, 2.24) is 0 Å². The van der Waals surface area contributed by atoms with Crippen LogP contribution in [0.5, 0.6) is 0 Å². The molecule has 0 aromatic carbocycles. The lowest BCUT2D eigenvalue weighted by Gasteiger charge is -2.21. The van der Waals surface area contributed by atoms with Crippen LogP contribution in [0.25, 0.3) is 0 Å². The molecule has 0 aliphatic carbocycles. The van der Waals surface area contributed by atoms with E-state index >= 15 is 0 Å². The van der Waals surface area contributed by atoms with Crippen molar-refractivity contribution in [1.29, 1.82) is 0 Å². The summed E-state index contributed by atoms with van der Waals surface area (Å²) in [5.41, 5.74) is -0.403. The Morgan fingerprint density at radius 1 is 1.22 bits per heavy atom. The lowest BCUT2D eigenvalue weighted by molar-refractivity contribution is -0.289. The second kappa shape index (κ2) is 9.04. The molecule has 6 nitrogen and oxygen atoms in total. The van der Waals surface area contributed by atoms with Crippen molar-refractivity contribution in [3.05, 3.63) is 12.2 Å². The van der Waals surface area contributed by atoms with E-state index in [4.69, 9.17) is 24.7 Å². The molecule has 0 saturated carbocycles. The van der Waals surface area contributed by atoms with Crippen LogP contribution >= 0.6 is 0 Å². The molecule has 0 heterocycles. The molecule has 0 amide bonds. The van der Waals surface area contributed by atoms with Crippen LogP contribution < -0.4 is 0 Å². The number of aliphatic hydroxyl groups is 2. The van der Waals surface area contributed by atoms with Crippen LogP contribution in [0, 0.1) is 5.41 Å². The van der Waals surface area contributed by atoms with E-state index in [2.05, 4.69) is 6.58 Å². The molecule has 0 unspecified atom stereocenters. The Balaban J connectivity index is 3.60. The molecule has 0 aromatic heterocycles. The highest BCUT2D eigenvalue weighted by molar-refractivity contribution is 5.76. The van der Waals surface area contributed by atoms with Crippen molar-refractivity contribution < 1.29 is 29.5 Å². The van der Waals surface area contributed by atoms with Crippen molar-refractivity contribution in [3.63, 3.8) is 0 Å². The zero-order valence-electron chi connectivity index (χ0n) is 11.0. The van der Waals surface area contributed by atoms with Crippen LogP contribution in [-0.4, -0.2) is 49.2 Å². The molecule has 0 saturated heterocycles. The third-order valence-electron chi connectivity index (χ3n) is 2.18. The molecule has 0 spiro atoms. The monoisotopic (exact) mass is 262 g/mol. The number of carbonyl (C=O) groups is 1. The second-order valence-electron chi connectivity index (χ2n) is 4.41. The summed E-state index contributed by atoms with van der Waals surface area (Å²) >= 11 is 0. The number of hydrogen-bond donors (Lipinski definition) is 2. The lowest BCUT2D eigenvalue weighted by Crippen LogP contribution is -2.37. The standard InChI is InChI=1S/C12H22O6/c1-10(2)7-18-17-6-4-5-16-11(15)12(3,8-13)9-14/h13-14H,1,4-9H2,2-3H3. The fraction of sp³-hybridized carbons (Fsp3) is 0.750. The number of ether oxygens (including phenoxy) is 1. The first-order valence-corrected chi connectivity index (χ1v) is 5.74. The van der Waals surface area contributed by atoms with Crippen molar-refractivity contribution in [2.75, 3.05) is 33.0 Å². The van der Waals surface area contributed by atoms with Crippen LogP contribution in [0.15, 0.2) is 12.2 Å².